The van der Waals surface area contributed by atoms with Gasteiger partial charge in [0.15, 0.2) is 0 Å². The number of benzene rings is 3. The molecule has 0 unspecified atom stereocenters. The molecule has 3 aromatic carbocycles. The Kier molecular flexibility index (Phi) is 12.4. The minimum absolute atomic E-state index is 0.00845. The second kappa shape index (κ2) is 15.6. The summed E-state index contributed by atoms with van der Waals surface area (Å²) in [4.78, 5) is 0. The van der Waals surface area contributed by atoms with Crippen LogP contribution in [0, 0.1) is 0 Å². The van der Waals surface area contributed by atoms with E-state index in [1.54, 1.807) is 0 Å². The average molecular weight is 611 g/mol. The molecule has 0 N–H and O–H groups in total. The zero-order valence-corrected chi connectivity index (χ0v) is 29.0. The summed E-state index contributed by atoms with van der Waals surface area (Å²) in [5.74, 6) is 4.26. The van der Waals surface area contributed by atoms with Crippen LogP contribution in [-0.2, 0) is 0 Å². The summed E-state index contributed by atoms with van der Waals surface area (Å²) in [6, 6.07) is 18.4. The Morgan fingerprint density at radius 1 is 0.395 bits per heavy atom. The van der Waals surface area contributed by atoms with E-state index in [1.165, 1.54) is 0 Å². The molecule has 3 aromatic rings. The van der Waals surface area contributed by atoms with E-state index < -0.39 is 7.92 Å². The van der Waals surface area contributed by atoms with Crippen molar-refractivity contribution in [3.8, 4) is 34.5 Å². The van der Waals surface area contributed by atoms with Gasteiger partial charge in [0.2, 0.25) is 0 Å². The number of hydrogen-bond donors (Lipinski definition) is 0. The highest BCUT2D eigenvalue weighted by Gasteiger charge is 2.33. The van der Waals surface area contributed by atoms with Gasteiger partial charge in [0.1, 0.15) is 34.5 Å². The molecule has 0 fully saturated rings. The van der Waals surface area contributed by atoms with E-state index in [4.69, 9.17) is 28.4 Å². The van der Waals surface area contributed by atoms with Crippen molar-refractivity contribution in [1.29, 1.82) is 0 Å². The molecule has 0 saturated carbocycles. The normalized spacial score (nSPS) is 11.8. The van der Waals surface area contributed by atoms with Crippen molar-refractivity contribution in [3.05, 3.63) is 54.6 Å². The summed E-state index contributed by atoms with van der Waals surface area (Å²) in [7, 11) is -1.33. The minimum Gasteiger partial charge on any atom is -0.491 e. The molecule has 0 aliphatic heterocycles. The van der Waals surface area contributed by atoms with Gasteiger partial charge in [-0.2, -0.15) is 0 Å². The second-order valence-corrected chi connectivity index (χ2v) is 14.3. The van der Waals surface area contributed by atoms with Crippen LogP contribution in [0.2, 0.25) is 0 Å². The molecule has 6 nitrogen and oxygen atoms in total. The Balaban J connectivity index is 2.52. The van der Waals surface area contributed by atoms with Crippen molar-refractivity contribution in [1.82, 2.24) is 0 Å². The highest BCUT2D eigenvalue weighted by atomic mass is 31.1. The van der Waals surface area contributed by atoms with Crippen molar-refractivity contribution >= 4 is 23.8 Å². The molecule has 0 aliphatic rings. The molecule has 0 spiro atoms. The summed E-state index contributed by atoms with van der Waals surface area (Å²) in [6.07, 6.45) is -0.324. The van der Waals surface area contributed by atoms with Crippen LogP contribution >= 0.6 is 7.92 Å². The van der Waals surface area contributed by atoms with Crippen molar-refractivity contribution in [2.45, 2.75) is 120 Å². The summed E-state index contributed by atoms with van der Waals surface area (Å²) >= 11 is 0. The third kappa shape index (κ3) is 9.96. The van der Waals surface area contributed by atoms with Crippen LogP contribution in [0.4, 0.5) is 0 Å². The predicted molar refractivity (Wildman–Crippen MR) is 180 cm³/mol. The monoisotopic (exact) mass is 610 g/mol. The Hall–Kier alpha value is -3.11. The second-order valence-electron chi connectivity index (χ2n) is 12.2. The highest BCUT2D eigenvalue weighted by molar-refractivity contribution is 7.80. The molecular weight excluding hydrogens is 559 g/mol. The first-order valence-electron chi connectivity index (χ1n) is 15.5. The van der Waals surface area contributed by atoms with Gasteiger partial charge < -0.3 is 28.4 Å². The van der Waals surface area contributed by atoms with Gasteiger partial charge in [-0.25, -0.2) is 0 Å². The molecular formula is C36H51O6P. The molecule has 0 amide bonds. The largest absolute Gasteiger partial charge is 0.491 e. The van der Waals surface area contributed by atoms with E-state index in [1.807, 2.05) is 113 Å². The van der Waals surface area contributed by atoms with Crippen LogP contribution in [0.3, 0.4) is 0 Å². The molecule has 43 heavy (non-hydrogen) atoms. The van der Waals surface area contributed by atoms with Gasteiger partial charge in [-0.3, -0.25) is 0 Å². The van der Waals surface area contributed by atoms with Gasteiger partial charge in [0.25, 0.3) is 0 Å². The molecule has 7 heteroatoms. The van der Waals surface area contributed by atoms with Gasteiger partial charge in [-0.15, -0.1) is 0 Å². The van der Waals surface area contributed by atoms with E-state index in [0.29, 0.717) is 34.5 Å². The lowest BCUT2D eigenvalue weighted by Crippen LogP contribution is -2.29. The Morgan fingerprint density at radius 3 is 0.930 bits per heavy atom. The summed E-state index contributed by atoms with van der Waals surface area (Å²) < 4.78 is 38.7. The van der Waals surface area contributed by atoms with E-state index >= 15 is 0 Å². The fraction of sp³-hybridized carbons (Fsp3) is 0.500. The first-order chi connectivity index (χ1) is 20.2. The maximum Gasteiger partial charge on any atom is 0.135 e. The summed E-state index contributed by atoms with van der Waals surface area (Å²) in [6.45, 7) is 24.3. The van der Waals surface area contributed by atoms with Gasteiger partial charge in [0.05, 0.1) is 47.2 Å². The Labute approximate surface area is 260 Å². The lowest BCUT2D eigenvalue weighted by atomic mass is 10.2. The lowest BCUT2D eigenvalue weighted by Gasteiger charge is -2.30. The van der Waals surface area contributed by atoms with Crippen molar-refractivity contribution in [2.75, 3.05) is 0 Å². The quantitative estimate of drug-likeness (QED) is 0.162. The van der Waals surface area contributed by atoms with Crippen molar-refractivity contribution < 1.29 is 28.4 Å². The number of rotatable bonds is 15. The zero-order chi connectivity index (χ0) is 31.8. The smallest absolute Gasteiger partial charge is 0.135 e. The van der Waals surface area contributed by atoms with Gasteiger partial charge >= 0.3 is 0 Å². The minimum atomic E-state index is -1.33. The van der Waals surface area contributed by atoms with Crippen LogP contribution in [0.25, 0.3) is 0 Å². The van der Waals surface area contributed by atoms with Crippen molar-refractivity contribution in [2.24, 2.45) is 0 Å². The molecule has 0 aliphatic carbocycles. The number of ether oxygens (including phenoxy) is 6. The SMILES string of the molecule is CC(C)Oc1cc(OC(C)C)c(P(c2ccccc2)c2c(OC(C)C)cc(OC(C)C)cc2OC(C)C)c(OC(C)C)c1. The molecule has 0 radical (unpaired) electrons. The average Bonchev–Trinajstić information content (AvgIpc) is 2.85. The molecule has 0 saturated heterocycles. The van der Waals surface area contributed by atoms with E-state index in [-0.39, 0.29) is 36.6 Å². The summed E-state index contributed by atoms with van der Waals surface area (Å²) in [5, 5.41) is 3.00. The van der Waals surface area contributed by atoms with E-state index in [0.717, 1.165) is 15.9 Å². The maximum absolute atomic E-state index is 6.58. The molecule has 0 aromatic heterocycles. The molecule has 0 atom stereocenters. The molecule has 236 valence electrons. The Bertz CT molecular complexity index is 1160. The molecule has 0 bridgehead atoms. The maximum atomic E-state index is 6.58. The van der Waals surface area contributed by atoms with E-state index in [2.05, 4.69) is 24.3 Å². The number of hydrogen-bond acceptors (Lipinski definition) is 6. The summed E-state index contributed by atoms with van der Waals surface area (Å²) in [5.41, 5.74) is 0. The van der Waals surface area contributed by atoms with Gasteiger partial charge in [-0.1, -0.05) is 30.3 Å². The fourth-order valence-electron chi connectivity index (χ4n) is 4.56. The lowest BCUT2D eigenvalue weighted by molar-refractivity contribution is 0.219. The fourth-order valence-corrected chi connectivity index (χ4v) is 7.12. The van der Waals surface area contributed by atoms with Crippen LogP contribution in [0.15, 0.2) is 54.6 Å². The third-order valence-electron chi connectivity index (χ3n) is 5.68. The standard InChI is InChI=1S/C36H51O6P/c1-22(2)37-28-18-31(39-24(5)6)35(32(19-28)40-25(7)8)43(30-16-14-13-15-17-30)36-33(41-26(9)10)20-29(38-23(3)4)21-34(36)42-27(11)12/h13-27H,1-12H3. The van der Waals surface area contributed by atoms with Gasteiger partial charge in [0, 0.05) is 32.2 Å². The topological polar surface area (TPSA) is 55.4 Å². The molecule has 0 heterocycles. The predicted octanol–water partition coefficient (Wildman–Crippen LogP) is 8.17. The first-order valence-corrected chi connectivity index (χ1v) is 16.8. The highest BCUT2D eigenvalue weighted by Crippen LogP contribution is 2.48. The van der Waals surface area contributed by atoms with Crippen LogP contribution < -0.4 is 44.3 Å². The van der Waals surface area contributed by atoms with E-state index in [9.17, 15) is 0 Å². The third-order valence-corrected chi connectivity index (χ3v) is 8.27. The van der Waals surface area contributed by atoms with Crippen LogP contribution in [0.1, 0.15) is 83.1 Å². The van der Waals surface area contributed by atoms with Crippen molar-refractivity contribution in [3.63, 3.8) is 0 Å². The first kappa shape index (κ1) is 34.4. The molecule has 3 rings (SSSR count). The van der Waals surface area contributed by atoms with Crippen LogP contribution in [-0.4, -0.2) is 36.6 Å². The zero-order valence-electron chi connectivity index (χ0n) is 28.1. The van der Waals surface area contributed by atoms with Crippen LogP contribution in [0.5, 0.6) is 34.5 Å². The van der Waals surface area contributed by atoms with Gasteiger partial charge in [-0.05, 0) is 88.4 Å². The Morgan fingerprint density at radius 2 is 0.674 bits per heavy atom.